The highest BCUT2D eigenvalue weighted by Gasteiger charge is 2.16. The van der Waals surface area contributed by atoms with Gasteiger partial charge in [0.05, 0.1) is 16.5 Å². The van der Waals surface area contributed by atoms with Crippen molar-refractivity contribution < 1.29 is 4.52 Å². The predicted molar refractivity (Wildman–Crippen MR) is 102 cm³/mol. The summed E-state index contributed by atoms with van der Waals surface area (Å²) in [5.74, 6) is 0.820. The number of para-hydroxylation sites is 1. The number of rotatable bonds is 2. The minimum atomic E-state index is -0.129. The maximum absolute atomic E-state index is 12.8. The van der Waals surface area contributed by atoms with Crippen LogP contribution in [0.1, 0.15) is 5.56 Å². The molecule has 3 aromatic heterocycles. The Bertz CT molecular complexity index is 1350. The summed E-state index contributed by atoms with van der Waals surface area (Å²) in [6, 6.07) is 18.8. The largest absolute Gasteiger partial charge is 0.333 e. The highest BCUT2D eigenvalue weighted by atomic mass is 16.5. The van der Waals surface area contributed by atoms with Crippen LogP contribution in [0.5, 0.6) is 0 Å². The van der Waals surface area contributed by atoms with Crippen molar-refractivity contribution in [3.8, 4) is 22.8 Å². The first-order valence-corrected chi connectivity index (χ1v) is 8.52. The minimum Gasteiger partial charge on any atom is -0.333 e. The molecule has 2 aromatic carbocycles. The molecule has 0 saturated heterocycles. The lowest BCUT2D eigenvalue weighted by Gasteiger charge is -2.05. The monoisotopic (exact) mass is 354 g/mol. The number of aromatic nitrogens is 4. The molecule has 6 nitrogen and oxygen atoms in total. The molecule has 0 unspecified atom stereocenters. The molecule has 130 valence electrons. The van der Waals surface area contributed by atoms with Gasteiger partial charge in [-0.2, -0.15) is 4.98 Å². The predicted octanol–water partition coefficient (Wildman–Crippen LogP) is 3.87. The van der Waals surface area contributed by atoms with E-state index in [1.807, 2.05) is 55.5 Å². The standard InChI is InChI=1S/C21H14N4O2/c1-13-8-10-14(11-9-13)18-23-20(27-24-18)16-6-4-12-25-19(16)22-17-7-3-2-5-15(17)21(25)26/h2-12H,1H3. The molecule has 5 aromatic rings. The summed E-state index contributed by atoms with van der Waals surface area (Å²) >= 11 is 0. The van der Waals surface area contributed by atoms with Crippen LogP contribution in [0, 0.1) is 6.92 Å². The van der Waals surface area contributed by atoms with E-state index >= 15 is 0 Å². The number of pyridine rings is 1. The van der Waals surface area contributed by atoms with Crippen LogP contribution in [0.3, 0.4) is 0 Å². The quantitative estimate of drug-likeness (QED) is 0.450. The van der Waals surface area contributed by atoms with E-state index in [1.165, 1.54) is 4.40 Å². The van der Waals surface area contributed by atoms with Gasteiger partial charge in [0.25, 0.3) is 11.4 Å². The SMILES string of the molecule is Cc1ccc(-c2noc(-c3cccn4c(=O)c5ccccc5nc34)n2)cc1. The number of nitrogens with zero attached hydrogens (tertiary/aromatic N) is 4. The molecule has 0 aliphatic carbocycles. The summed E-state index contributed by atoms with van der Waals surface area (Å²) in [6.07, 6.45) is 1.69. The third-order valence-electron chi connectivity index (χ3n) is 4.51. The molecule has 0 N–H and O–H groups in total. The average molecular weight is 354 g/mol. The smallest absolute Gasteiger partial charge is 0.265 e. The Morgan fingerprint density at radius 1 is 0.926 bits per heavy atom. The van der Waals surface area contributed by atoms with E-state index in [0.717, 1.165) is 11.1 Å². The fourth-order valence-electron chi connectivity index (χ4n) is 3.09. The second kappa shape index (κ2) is 5.88. The topological polar surface area (TPSA) is 73.3 Å². The Labute approximate surface area is 153 Å². The molecule has 0 aliphatic rings. The van der Waals surface area contributed by atoms with Crippen LogP contribution in [0.15, 0.2) is 76.2 Å². The van der Waals surface area contributed by atoms with Crippen LogP contribution in [0.2, 0.25) is 0 Å². The molecular formula is C21H14N4O2. The van der Waals surface area contributed by atoms with Crippen LogP contribution >= 0.6 is 0 Å². The molecule has 0 aliphatic heterocycles. The summed E-state index contributed by atoms with van der Waals surface area (Å²) in [5.41, 5.74) is 3.63. The first-order valence-electron chi connectivity index (χ1n) is 8.52. The van der Waals surface area contributed by atoms with Gasteiger partial charge < -0.3 is 4.52 Å². The van der Waals surface area contributed by atoms with Gasteiger partial charge in [-0.25, -0.2) is 4.98 Å². The van der Waals surface area contributed by atoms with Crippen molar-refractivity contribution in [3.63, 3.8) is 0 Å². The van der Waals surface area contributed by atoms with Crippen molar-refractivity contribution in [3.05, 3.63) is 82.8 Å². The number of hydrogen-bond acceptors (Lipinski definition) is 5. The second-order valence-corrected chi connectivity index (χ2v) is 6.34. The highest BCUT2D eigenvalue weighted by Crippen LogP contribution is 2.25. The van der Waals surface area contributed by atoms with E-state index in [1.54, 1.807) is 18.3 Å². The van der Waals surface area contributed by atoms with Gasteiger partial charge in [0.15, 0.2) is 5.65 Å². The van der Waals surface area contributed by atoms with Crippen molar-refractivity contribution in [1.82, 2.24) is 19.5 Å². The minimum absolute atomic E-state index is 0.129. The van der Waals surface area contributed by atoms with E-state index in [9.17, 15) is 4.79 Å². The summed E-state index contributed by atoms with van der Waals surface area (Å²) in [5, 5.41) is 4.65. The summed E-state index contributed by atoms with van der Waals surface area (Å²) in [4.78, 5) is 21.9. The third kappa shape index (κ3) is 2.50. The molecule has 0 amide bonds. The Balaban J connectivity index is 1.72. The third-order valence-corrected chi connectivity index (χ3v) is 4.51. The maximum atomic E-state index is 12.8. The van der Waals surface area contributed by atoms with Gasteiger partial charge in [-0.1, -0.05) is 47.1 Å². The average Bonchev–Trinajstić information content (AvgIpc) is 3.18. The van der Waals surface area contributed by atoms with Gasteiger partial charge in [0.2, 0.25) is 5.82 Å². The second-order valence-electron chi connectivity index (χ2n) is 6.34. The van der Waals surface area contributed by atoms with Gasteiger partial charge in [-0.3, -0.25) is 9.20 Å². The van der Waals surface area contributed by atoms with Crippen molar-refractivity contribution in [2.45, 2.75) is 6.92 Å². The van der Waals surface area contributed by atoms with Gasteiger partial charge in [-0.15, -0.1) is 0 Å². The van der Waals surface area contributed by atoms with E-state index in [0.29, 0.717) is 33.8 Å². The fourth-order valence-corrected chi connectivity index (χ4v) is 3.09. The van der Waals surface area contributed by atoms with Crippen LogP contribution in [0.25, 0.3) is 39.4 Å². The summed E-state index contributed by atoms with van der Waals surface area (Å²) in [7, 11) is 0. The maximum Gasteiger partial charge on any atom is 0.265 e. The van der Waals surface area contributed by atoms with Gasteiger partial charge in [-0.05, 0) is 31.2 Å². The van der Waals surface area contributed by atoms with Crippen LogP contribution < -0.4 is 5.56 Å². The van der Waals surface area contributed by atoms with Crippen LogP contribution in [-0.4, -0.2) is 19.5 Å². The lowest BCUT2D eigenvalue weighted by Crippen LogP contribution is -2.15. The van der Waals surface area contributed by atoms with E-state index in [2.05, 4.69) is 15.1 Å². The van der Waals surface area contributed by atoms with E-state index < -0.39 is 0 Å². The Morgan fingerprint density at radius 2 is 1.74 bits per heavy atom. The zero-order chi connectivity index (χ0) is 18.4. The van der Waals surface area contributed by atoms with Crippen molar-refractivity contribution >= 4 is 16.6 Å². The molecule has 0 atom stereocenters. The Hall–Kier alpha value is -3.80. The zero-order valence-electron chi connectivity index (χ0n) is 14.5. The zero-order valence-corrected chi connectivity index (χ0v) is 14.5. The lowest BCUT2D eigenvalue weighted by molar-refractivity contribution is 0.432. The molecular weight excluding hydrogens is 340 g/mol. The van der Waals surface area contributed by atoms with Crippen LogP contribution in [-0.2, 0) is 0 Å². The molecule has 0 bridgehead atoms. The molecule has 0 fully saturated rings. The van der Waals surface area contributed by atoms with E-state index in [-0.39, 0.29) is 5.56 Å². The molecule has 0 radical (unpaired) electrons. The Morgan fingerprint density at radius 3 is 2.59 bits per heavy atom. The number of benzene rings is 2. The molecule has 0 spiro atoms. The van der Waals surface area contributed by atoms with Gasteiger partial charge in [0.1, 0.15) is 0 Å². The van der Waals surface area contributed by atoms with Gasteiger partial charge >= 0.3 is 0 Å². The van der Waals surface area contributed by atoms with Crippen molar-refractivity contribution in [1.29, 1.82) is 0 Å². The Kier molecular flexibility index (Phi) is 3.36. The molecule has 6 heteroatoms. The van der Waals surface area contributed by atoms with Crippen molar-refractivity contribution in [2.75, 3.05) is 0 Å². The van der Waals surface area contributed by atoms with Crippen LogP contribution in [0.4, 0.5) is 0 Å². The first kappa shape index (κ1) is 15.5. The number of aryl methyl sites for hydroxylation is 1. The van der Waals surface area contributed by atoms with Gasteiger partial charge in [0, 0.05) is 11.8 Å². The number of fused-ring (bicyclic) bond motifs is 2. The normalized spacial score (nSPS) is 11.3. The molecule has 0 saturated carbocycles. The molecule has 27 heavy (non-hydrogen) atoms. The lowest BCUT2D eigenvalue weighted by atomic mass is 10.1. The number of hydrogen-bond donors (Lipinski definition) is 0. The van der Waals surface area contributed by atoms with Crippen molar-refractivity contribution in [2.24, 2.45) is 0 Å². The fraction of sp³-hybridized carbons (Fsp3) is 0.0476. The van der Waals surface area contributed by atoms with E-state index in [4.69, 9.17) is 4.52 Å². The molecule has 5 rings (SSSR count). The summed E-state index contributed by atoms with van der Waals surface area (Å²) < 4.78 is 6.99. The molecule has 3 heterocycles. The summed E-state index contributed by atoms with van der Waals surface area (Å²) in [6.45, 7) is 2.02. The first-order chi connectivity index (χ1) is 13.2. The highest BCUT2D eigenvalue weighted by molar-refractivity contribution is 5.83.